The fraction of sp³-hybridized carbons (Fsp3) is 0.625. The second-order valence-electron chi connectivity index (χ2n) is 6.05. The Labute approximate surface area is 168 Å². The number of amides is 1. The molecule has 1 saturated heterocycles. The van der Waals surface area contributed by atoms with Crippen LogP contribution in [0, 0.1) is 0 Å². The molecule has 1 amide bonds. The number of nitrogens with one attached hydrogen (secondary N) is 2. The predicted octanol–water partition coefficient (Wildman–Crippen LogP) is 1.88. The number of sulfone groups is 1. The lowest BCUT2D eigenvalue weighted by Crippen LogP contribution is -2.55. The topological polar surface area (TPSA) is 91.4 Å². The van der Waals surface area contributed by atoms with E-state index in [-0.39, 0.29) is 37.7 Å². The van der Waals surface area contributed by atoms with Gasteiger partial charge in [-0.05, 0) is 51.9 Å². The van der Waals surface area contributed by atoms with Gasteiger partial charge in [-0.3, -0.25) is 4.79 Å². The first-order valence-corrected chi connectivity index (χ1v) is 10.2. The van der Waals surface area contributed by atoms with Crippen LogP contribution in [0.4, 0.5) is 11.5 Å². The van der Waals surface area contributed by atoms with Crippen molar-refractivity contribution in [2.24, 2.45) is 0 Å². The summed E-state index contributed by atoms with van der Waals surface area (Å²) in [4.78, 5) is 19.2. The second-order valence-corrected chi connectivity index (χ2v) is 8.37. The van der Waals surface area contributed by atoms with Crippen molar-refractivity contribution in [2.75, 3.05) is 42.7 Å². The number of anilines is 2. The number of piperidine rings is 1. The minimum atomic E-state index is -3.52. The molecule has 150 valence electrons. The summed E-state index contributed by atoms with van der Waals surface area (Å²) in [6.45, 7) is 6.82. The number of halogens is 2. The smallest absolute Gasteiger partial charge is 0.245 e. The summed E-state index contributed by atoms with van der Waals surface area (Å²) in [6.07, 6.45) is 3.27. The van der Waals surface area contributed by atoms with Gasteiger partial charge in [-0.2, -0.15) is 0 Å². The maximum absolute atomic E-state index is 12.7. The third kappa shape index (κ3) is 5.22. The van der Waals surface area contributed by atoms with E-state index in [1.807, 2.05) is 19.9 Å². The van der Waals surface area contributed by atoms with Crippen LogP contribution in [0.25, 0.3) is 0 Å². The zero-order chi connectivity index (χ0) is 17.8. The number of rotatable bonds is 6. The normalized spacial score (nSPS) is 16.0. The molecule has 0 aromatic carbocycles. The minimum Gasteiger partial charge on any atom is -0.357 e. The number of hydrogen-bond acceptors (Lipinski definition) is 6. The van der Waals surface area contributed by atoms with Crippen LogP contribution in [0.5, 0.6) is 0 Å². The van der Waals surface area contributed by atoms with Gasteiger partial charge < -0.3 is 15.5 Å². The lowest BCUT2D eigenvalue weighted by Gasteiger charge is -2.34. The molecule has 0 spiro atoms. The van der Waals surface area contributed by atoms with Crippen LogP contribution in [0.2, 0.25) is 0 Å². The van der Waals surface area contributed by atoms with Crippen molar-refractivity contribution in [1.29, 1.82) is 0 Å². The number of carbonyl (C=O) groups is 1. The van der Waals surface area contributed by atoms with Crippen LogP contribution < -0.4 is 15.5 Å². The van der Waals surface area contributed by atoms with Gasteiger partial charge in [-0.25, -0.2) is 13.4 Å². The molecule has 7 nitrogen and oxygen atoms in total. The zero-order valence-electron chi connectivity index (χ0n) is 15.3. The largest absolute Gasteiger partial charge is 0.357 e. The van der Waals surface area contributed by atoms with Crippen molar-refractivity contribution in [2.45, 2.75) is 31.4 Å². The molecular formula is C16H28Cl2N4O3S. The van der Waals surface area contributed by atoms with Gasteiger partial charge in [-0.15, -0.1) is 24.8 Å². The van der Waals surface area contributed by atoms with E-state index >= 15 is 0 Å². The molecule has 2 rings (SSSR count). The quantitative estimate of drug-likeness (QED) is 0.721. The highest BCUT2D eigenvalue weighted by Crippen LogP contribution is 2.29. The lowest BCUT2D eigenvalue weighted by molar-refractivity contribution is -0.119. The first kappa shape index (κ1) is 24.9. The van der Waals surface area contributed by atoms with E-state index in [1.54, 1.807) is 12.3 Å². The fourth-order valence-corrected chi connectivity index (χ4v) is 4.37. The molecule has 0 radical (unpaired) electrons. The second kappa shape index (κ2) is 10.3. The lowest BCUT2D eigenvalue weighted by atomic mass is 9.96. The van der Waals surface area contributed by atoms with Crippen LogP contribution in [0.3, 0.4) is 0 Å². The standard InChI is InChI=1S/C16H26N4O3S.2ClH/c1-4-20(5-2)14-7-6-13(12-18-14)19-15(21)16(24(3,22)23)8-10-17-11-9-16;;/h6-7,12,17H,4-5,8-11H2,1-3H3,(H,19,21);2*1H. The molecular weight excluding hydrogens is 399 g/mol. The van der Waals surface area contributed by atoms with E-state index < -0.39 is 20.5 Å². The Kier molecular flexibility index (Phi) is 9.87. The molecule has 0 atom stereocenters. The molecule has 2 heterocycles. The number of pyridine rings is 1. The Morgan fingerprint density at radius 2 is 1.81 bits per heavy atom. The van der Waals surface area contributed by atoms with Gasteiger partial charge in [0, 0.05) is 19.3 Å². The van der Waals surface area contributed by atoms with E-state index in [2.05, 4.69) is 20.5 Å². The van der Waals surface area contributed by atoms with Gasteiger partial charge in [-0.1, -0.05) is 0 Å². The molecule has 0 unspecified atom stereocenters. The first-order chi connectivity index (χ1) is 11.3. The molecule has 0 aliphatic carbocycles. The van der Waals surface area contributed by atoms with Gasteiger partial charge >= 0.3 is 0 Å². The third-order valence-electron chi connectivity index (χ3n) is 4.63. The van der Waals surface area contributed by atoms with E-state index in [9.17, 15) is 13.2 Å². The van der Waals surface area contributed by atoms with Crippen LogP contribution in [-0.2, 0) is 14.6 Å². The Balaban J connectivity index is 0.00000312. The van der Waals surface area contributed by atoms with E-state index in [1.165, 1.54) is 0 Å². The molecule has 1 aliphatic heterocycles. The summed E-state index contributed by atoms with van der Waals surface area (Å²) in [5, 5.41) is 5.84. The summed E-state index contributed by atoms with van der Waals surface area (Å²) >= 11 is 0. The Bertz CT molecular complexity index is 673. The monoisotopic (exact) mass is 426 g/mol. The maximum atomic E-state index is 12.7. The maximum Gasteiger partial charge on any atom is 0.245 e. The zero-order valence-corrected chi connectivity index (χ0v) is 17.8. The Morgan fingerprint density at radius 3 is 2.23 bits per heavy atom. The first-order valence-electron chi connectivity index (χ1n) is 8.27. The van der Waals surface area contributed by atoms with E-state index in [0.717, 1.165) is 25.2 Å². The third-order valence-corrected chi connectivity index (χ3v) is 6.64. The van der Waals surface area contributed by atoms with Crippen molar-refractivity contribution >= 4 is 52.1 Å². The molecule has 10 heteroatoms. The molecule has 1 aromatic rings. The average Bonchev–Trinajstić information content (AvgIpc) is 2.57. The van der Waals surface area contributed by atoms with Gasteiger partial charge in [0.05, 0.1) is 11.9 Å². The Hall–Kier alpha value is -1.09. The summed E-state index contributed by atoms with van der Waals surface area (Å²) in [5.74, 6) is 0.363. The van der Waals surface area contributed by atoms with Gasteiger partial charge in [0.1, 0.15) is 5.82 Å². The number of nitrogens with zero attached hydrogens (tertiary/aromatic N) is 2. The van der Waals surface area contributed by atoms with E-state index in [0.29, 0.717) is 18.8 Å². The highest BCUT2D eigenvalue weighted by molar-refractivity contribution is 7.92. The van der Waals surface area contributed by atoms with Crippen LogP contribution >= 0.6 is 24.8 Å². The van der Waals surface area contributed by atoms with Crippen molar-refractivity contribution in [3.63, 3.8) is 0 Å². The highest BCUT2D eigenvalue weighted by Gasteiger charge is 2.48. The van der Waals surface area contributed by atoms with Crippen molar-refractivity contribution in [3.8, 4) is 0 Å². The molecule has 0 saturated carbocycles. The van der Waals surface area contributed by atoms with Gasteiger partial charge in [0.2, 0.25) is 5.91 Å². The van der Waals surface area contributed by atoms with Gasteiger partial charge in [0.25, 0.3) is 0 Å². The summed E-state index contributed by atoms with van der Waals surface area (Å²) in [5.41, 5.74) is 0.512. The van der Waals surface area contributed by atoms with Gasteiger partial charge in [0.15, 0.2) is 14.6 Å². The van der Waals surface area contributed by atoms with Crippen molar-refractivity contribution < 1.29 is 13.2 Å². The van der Waals surface area contributed by atoms with Crippen LogP contribution in [0.15, 0.2) is 18.3 Å². The molecule has 0 bridgehead atoms. The average molecular weight is 427 g/mol. The molecule has 1 aromatic heterocycles. The van der Waals surface area contributed by atoms with Crippen LogP contribution in [0.1, 0.15) is 26.7 Å². The highest BCUT2D eigenvalue weighted by atomic mass is 35.5. The summed E-state index contributed by atoms with van der Waals surface area (Å²) in [7, 11) is -3.52. The SMILES string of the molecule is CCN(CC)c1ccc(NC(=O)C2(S(C)(=O)=O)CCNCC2)cn1.Cl.Cl. The summed E-state index contributed by atoms with van der Waals surface area (Å²) in [6, 6.07) is 3.59. The number of hydrogen-bond donors (Lipinski definition) is 2. The molecule has 1 fully saturated rings. The molecule has 26 heavy (non-hydrogen) atoms. The Morgan fingerprint density at radius 1 is 1.23 bits per heavy atom. The number of carbonyl (C=O) groups excluding carboxylic acids is 1. The predicted molar refractivity (Wildman–Crippen MR) is 111 cm³/mol. The number of aromatic nitrogens is 1. The minimum absolute atomic E-state index is 0. The molecule has 2 N–H and O–H groups in total. The van der Waals surface area contributed by atoms with Crippen LogP contribution in [-0.4, -0.2) is 56.5 Å². The summed E-state index contributed by atoms with van der Waals surface area (Å²) < 4.78 is 23.1. The molecule has 1 aliphatic rings. The fourth-order valence-electron chi connectivity index (χ4n) is 3.04. The van der Waals surface area contributed by atoms with Crippen molar-refractivity contribution in [1.82, 2.24) is 10.3 Å². The van der Waals surface area contributed by atoms with E-state index in [4.69, 9.17) is 0 Å². The van der Waals surface area contributed by atoms with Crippen molar-refractivity contribution in [3.05, 3.63) is 18.3 Å².